The van der Waals surface area contributed by atoms with Crippen molar-refractivity contribution in [2.24, 2.45) is 7.05 Å². The average Bonchev–Trinajstić information content (AvgIpc) is 2.79. The van der Waals surface area contributed by atoms with Crippen LogP contribution in [0.15, 0.2) is 24.5 Å². The van der Waals surface area contributed by atoms with Crippen molar-refractivity contribution in [3.05, 3.63) is 24.5 Å². The molecule has 0 aliphatic heterocycles. The van der Waals surface area contributed by atoms with Gasteiger partial charge in [-0.1, -0.05) is 0 Å². The van der Waals surface area contributed by atoms with Gasteiger partial charge in [0.15, 0.2) is 0 Å². The summed E-state index contributed by atoms with van der Waals surface area (Å²) in [4.78, 5) is 17.5. The molecule has 2 rings (SSSR count). The molecule has 1 aromatic carbocycles. The summed E-state index contributed by atoms with van der Waals surface area (Å²) in [6, 6.07) is 6.20. The minimum absolute atomic E-state index is 0.159. The van der Waals surface area contributed by atoms with Crippen LogP contribution < -0.4 is 4.90 Å². The van der Waals surface area contributed by atoms with Crippen LogP contribution in [0.4, 0.5) is 5.69 Å². The second kappa shape index (κ2) is 5.73. The monoisotopic (exact) mass is 261 g/mol. The highest BCUT2D eigenvalue weighted by atomic mass is 16.5. The number of carbonyl (C=O) groups is 1. The third-order valence-electron chi connectivity index (χ3n) is 3.25. The summed E-state index contributed by atoms with van der Waals surface area (Å²) in [6.45, 7) is 0.813. The molecule has 0 amide bonds. The molecule has 1 heterocycles. The summed E-state index contributed by atoms with van der Waals surface area (Å²) in [5.74, 6) is -0.159. The van der Waals surface area contributed by atoms with Gasteiger partial charge in [-0.2, -0.15) is 0 Å². The number of hydrogen-bond acceptors (Lipinski definition) is 4. The number of anilines is 1. The number of imidazole rings is 1. The van der Waals surface area contributed by atoms with Crippen LogP contribution in [0.3, 0.4) is 0 Å². The van der Waals surface area contributed by atoms with E-state index in [1.165, 1.54) is 7.11 Å². The predicted molar refractivity (Wildman–Crippen MR) is 75.2 cm³/mol. The standard InChI is InChI=1S/C14H19N3O2/c1-16(8-4-5-14(18)19-3)11-6-7-13-12(9-11)15-10-17(13)2/h6-7,9-10H,4-5,8H2,1-3H3. The molecule has 0 aliphatic rings. The van der Waals surface area contributed by atoms with E-state index < -0.39 is 0 Å². The minimum atomic E-state index is -0.159. The molecule has 0 radical (unpaired) electrons. The van der Waals surface area contributed by atoms with Crippen molar-refractivity contribution in [3.63, 3.8) is 0 Å². The molecule has 5 heteroatoms. The van der Waals surface area contributed by atoms with Crippen LogP contribution in [0.1, 0.15) is 12.8 Å². The number of nitrogens with zero attached hydrogens (tertiary/aromatic N) is 3. The van der Waals surface area contributed by atoms with E-state index in [-0.39, 0.29) is 5.97 Å². The van der Waals surface area contributed by atoms with Crippen molar-refractivity contribution in [1.82, 2.24) is 9.55 Å². The first-order chi connectivity index (χ1) is 9.11. The smallest absolute Gasteiger partial charge is 0.305 e. The fraction of sp³-hybridized carbons (Fsp3) is 0.429. The van der Waals surface area contributed by atoms with Crippen molar-refractivity contribution in [3.8, 4) is 0 Å². The number of carbonyl (C=O) groups excluding carboxylic acids is 1. The number of rotatable bonds is 5. The Bertz CT molecular complexity index is 577. The SMILES string of the molecule is COC(=O)CCCN(C)c1ccc2c(c1)ncn2C. The summed E-state index contributed by atoms with van der Waals surface area (Å²) < 4.78 is 6.62. The molecule has 2 aromatic rings. The molecule has 0 saturated carbocycles. The van der Waals surface area contributed by atoms with Gasteiger partial charge in [0.25, 0.3) is 0 Å². The maximum absolute atomic E-state index is 11.1. The average molecular weight is 261 g/mol. The molecule has 0 bridgehead atoms. The fourth-order valence-corrected chi connectivity index (χ4v) is 2.05. The molecular formula is C14H19N3O2. The first-order valence-corrected chi connectivity index (χ1v) is 6.31. The lowest BCUT2D eigenvalue weighted by Crippen LogP contribution is -2.19. The summed E-state index contributed by atoms with van der Waals surface area (Å²) in [5, 5.41) is 0. The fourth-order valence-electron chi connectivity index (χ4n) is 2.05. The van der Waals surface area contributed by atoms with Crippen molar-refractivity contribution >= 4 is 22.7 Å². The molecule has 0 saturated heterocycles. The molecule has 0 fully saturated rings. The van der Waals surface area contributed by atoms with Crippen molar-refractivity contribution in [2.75, 3.05) is 25.6 Å². The molecule has 102 valence electrons. The number of ether oxygens (including phenoxy) is 1. The van der Waals surface area contributed by atoms with Crippen LogP contribution in [-0.4, -0.2) is 36.2 Å². The second-order valence-electron chi connectivity index (χ2n) is 4.63. The molecule has 0 N–H and O–H groups in total. The van der Waals surface area contributed by atoms with Gasteiger partial charge in [0.2, 0.25) is 0 Å². The van der Waals surface area contributed by atoms with Crippen LogP contribution in [0.2, 0.25) is 0 Å². The van der Waals surface area contributed by atoms with Gasteiger partial charge in [-0.25, -0.2) is 4.98 Å². The van der Waals surface area contributed by atoms with Crippen molar-refractivity contribution in [1.29, 1.82) is 0 Å². The van der Waals surface area contributed by atoms with E-state index in [9.17, 15) is 4.79 Å². The first kappa shape index (κ1) is 13.4. The third kappa shape index (κ3) is 3.05. The van der Waals surface area contributed by atoms with Gasteiger partial charge >= 0.3 is 5.97 Å². The van der Waals surface area contributed by atoms with Gasteiger partial charge < -0.3 is 14.2 Å². The quantitative estimate of drug-likeness (QED) is 0.772. The zero-order valence-corrected chi connectivity index (χ0v) is 11.6. The molecule has 19 heavy (non-hydrogen) atoms. The summed E-state index contributed by atoms with van der Waals surface area (Å²) in [5.41, 5.74) is 3.21. The summed E-state index contributed by atoms with van der Waals surface area (Å²) in [6.07, 6.45) is 3.04. The number of benzene rings is 1. The zero-order valence-electron chi connectivity index (χ0n) is 11.6. The Kier molecular flexibility index (Phi) is 4.04. The van der Waals surface area contributed by atoms with Crippen molar-refractivity contribution in [2.45, 2.75) is 12.8 Å². The minimum Gasteiger partial charge on any atom is -0.469 e. The number of aromatic nitrogens is 2. The molecule has 5 nitrogen and oxygen atoms in total. The van der Waals surface area contributed by atoms with Gasteiger partial charge in [-0.15, -0.1) is 0 Å². The zero-order chi connectivity index (χ0) is 13.8. The normalized spacial score (nSPS) is 10.7. The third-order valence-corrected chi connectivity index (χ3v) is 3.25. The second-order valence-corrected chi connectivity index (χ2v) is 4.63. The molecule has 1 aromatic heterocycles. The number of aryl methyl sites for hydroxylation is 1. The first-order valence-electron chi connectivity index (χ1n) is 6.31. The molecule has 0 aliphatic carbocycles. The Morgan fingerprint density at radius 1 is 1.47 bits per heavy atom. The Hall–Kier alpha value is -2.04. The van der Waals surface area contributed by atoms with Gasteiger partial charge in [0, 0.05) is 32.7 Å². The van der Waals surface area contributed by atoms with Crippen LogP contribution in [-0.2, 0) is 16.6 Å². The van der Waals surface area contributed by atoms with Gasteiger partial charge in [-0.3, -0.25) is 4.79 Å². The maximum atomic E-state index is 11.1. The van der Waals surface area contributed by atoms with E-state index >= 15 is 0 Å². The largest absolute Gasteiger partial charge is 0.469 e. The van der Waals surface area contributed by atoms with Gasteiger partial charge in [-0.05, 0) is 24.6 Å². The summed E-state index contributed by atoms with van der Waals surface area (Å²) >= 11 is 0. The van der Waals surface area contributed by atoms with E-state index in [0.29, 0.717) is 6.42 Å². The molecule has 0 unspecified atom stereocenters. The van der Waals surface area contributed by atoms with E-state index in [2.05, 4.69) is 32.8 Å². The van der Waals surface area contributed by atoms with E-state index in [1.807, 2.05) is 25.0 Å². The molecule has 0 spiro atoms. The van der Waals surface area contributed by atoms with Crippen LogP contribution in [0.5, 0.6) is 0 Å². The van der Waals surface area contributed by atoms with E-state index in [4.69, 9.17) is 0 Å². The van der Waals surface area contributed by atoms with Gasteiger partial charge in [0.1, 0.15) is 0 Å². The molecular weight excluding hydrogens is 242 g/mol. The van der Waals surface area contributed by atoms with Crippen LogP contribution >= 0.6 is 0 Å². The Balaban J connectivity index is 2.00. The lowest BCUT2D eigenvalue weighted by atomic mass is 10.2. The highest BCUT2D eigenvalue weighted by molar-refractivity contribution is 5.79. The highest BCUT2D eigenvalue weighted by Crippen LogP contribution is 2.20. The van der Waals surface area contributed by atoms with Gasteiger partial charge in [0.05, 0.1) is 24.5 Å². The topological polar surface area (TPSA) is 47.4 Å². The van der Waals surface area contributed by atoms with E-state index in [0.717, 1.165) is 29.7 Å². The van der Waals surface area contributed by atoms with Crippen LogP contribution in [0.25, 0.3) is 11.0 Å². The molecule has 0 atom stereocenters. The summed E-state index contributed by atoms with van der Waals surface area (Å²) in [7, 11) is 5.41. The Morgan fingerprint density at radius 3 is 3.00 bits per heavy atom. The number of esters is 1. The number of hydrogen-bond donors (Lipinski definition) is 0. The number of fused-ring (bicyclic) bond motifs is 1. The predicted octanol–water partition coefficient (Wildman–Crippen LogP) is 1.96. The maximum Gasteiger partial charge on any atom is 0.305 e. The Labute approximate surface area is 112 Å². The van der Waals surface area contributed by atoms with E-state index in [1.54, 1.807) is 0 Å². The van der Waals surface area contributed by atoms with Crippen LogP contribution in [0, 0.1) is 0 Å². The lowest BCUT2D eigenvalue weighted by molar-refractivity contribution is -0.140. The van der Waals surface area contributed by atoms with Crippen molar-refractivity contribution < 1.29 is 9.53 Å². The Morgan fingerprint density at radius 2 is 2.26 bits per heavy atom. The lowest BCUT2D eigenvalue weighted by Gasteiger charge is -2.18. The highest BCUT2D eigenvalue weighted by Gasteiger charge is 2.06. The number of methoxy groups -OCH3 is 1.